The third-order valence-electron chi connectivity index (χ3n) is 5.73. The van der Waals surface area contributed by atoms with Gasteiger partial charge in [-0.15, -0.1) is 0 Å². The van der Waals surface area contributed by atoms with Crippen molar-refractivity contribution in [2.45, 2.75) is 11.4 Å². The summed E-state index contributed by atoms with van der Waals surface area (Å²) in [6.07, 6.45) is 0. The maximum absolute atomic E-state index is 13.0. The number of rotatable bonds is 7. The Morgan fingerprint density at radius 3 is 2.12 bits per heavy atom. The van der Waals surface area contributed by atoms with Gasteiger partial charge in [0, 0.05) is 44.0 Å². The molecule has 0 atom stereocenters. The molecular formula is C25H26FN3O4S. The number of amides is 1. The van der Waals surface area contributed by atoms with Gasteiger partial charge in [-0.2, -0.15) is 0 Å². The molecule has 3 aromatic rings. The highest BCUT2D eigenvalue weighted by Gasteiger charge is 2.23. The van der Waals surface area contributed by atoms with E-state index < -0.39 is 15.8 Å². The molecule has 178 valence electrons. The Labute approximate surface area is 198 Å². The molecule has 0 aliphatic carbocycles. The van der Waals surface area contributed by atoms with Crippen LogP contribution in [-0.2, 0) is 16.6 Å². The van der Waals surface area contributed by atoms with E-state index in [9.17, 15) is 17.6 Å². The Hall–Kier alpha value is -3.43. The minimum absolute atomic E-state index is 0.0256. The molecule has 0 radical (unpaired) electrons. The third-order valence-corrected chi connectivity index (χ3v) is 7.13. The van der Waals surface area contributed by atoms with Crippen LogP contribution < -0.4 is 9.46 Å². The normalized spacial score (nSPS) is 14.6. The molecule has 0 bridgehead atoms. The van der Waals surface area contributed by atoms with Crippen molar-refractivity contribution in [3.8, 4) is 5.75 Å². The number of hydrogen-bond donors (Lipinski definition) is 1. The summed E-state index contributed by atoms with van der Waals surface area (Å²) in [5.41, 5.74) is 1.88. The highest BCUT2D eigenvalue weighted by molar-refractivity contribution is 7.92. The van der Waals surface area contributed by atoms with E-state index in [0.717, 1.165) is 25.4 Å². The van der Waals surface area contributed by atoms with Crippen molar-refractivity contribution in [1.82, 2.24) is 9.80 Å². The number of carbonyl (C=O) groups excluding carboxylic acids is 1. The van der Waals surface area contributed by atoms with Gasteiger partial charge >= 0.3 is 0 Å². The fourth-order valence-corrected chi connectivity index (χ4v) is 4.85. The minimum Gasteiger partial charge on any atom is -0.497 e. The summed E-state index contributed by atoms with van der Waals surface area (Å²) in [5.74, 6) is 0.246. The van der Waals surface area contributed by atoms with Crippen LogP contribution in [0.25, 0.3) is 0 Å². The first kappa shape index (κ1) is 23.7. The molecule has 4 rings (SSSR count). The van der Waals surface area contributed by atoms with Crippen LogP contribution in [-0.4, -0.2) is 57.4 Å². The van der Waals surface area contributed by atoms with Crippen molar-refractivity contribution >= 4 is 21.6 Å². The van der Waals surface area contributed by atoms with Crippen molar-refractivity contribution < 1.29 is 22.3 Å². The fourth-order valence-electron chi connectivity index (χ4n) is 3.79. The van der Waals surface area contributed by atoms with Gasteiger partial charge in [0.25, 0.3) is 15.9 Å². The highest BCUT2D eigenvalue weighted by atomic mass is 32.2. The molecule has 1 saturated heterocycles. The number of piperazine rings is 1. The molecule has 1 aliphatic heterocycles. The molecule has 34 heavy (non-hydrogen) atoms. The monoisotopic (exact) mass is 483 g/mol. The van der Waals surface area contributed by atoms with Crippen LogP contribution in [0.15, 0.2) is 77.7 Å². The number of halogens is 1. The van der Waals surface area contributed by atoms with Crippen molar-refractivity contribution in [3.63, 3.8) is 0 Å². The van der Waals surface area contributed by atoms with Crippen LogP contribution in [0.1, 0.15) is 15.9 Å². The van der Waals surface area contributed by atoms with Crippen LogP contribution in [0.5, 0.6) is 5.75 Å². The lowest BCUT2D eigenvalue weighted by atomic mass is 10.1. The van der Waals surface area contributed by atoms with Crippen LogP contribution in [0.4, 0.5) is 10.1 Å². The predicted octanol–water partition coefficient (Wildman–Crippen LogP) is 3.59. The zero-order chi connectivity index (χ0) is 24.1. The van der Waals surface area contributed by atoms with Gasteiger partial charge < -0.3 is 9.64 Å². The second kappa shape index (κ2) is 10.2. The Morgan fingerprint density at radius 2 is 1.53 bits per heavy atom. The molecule has 0 unspecified atom stereocenters. The summed E-state index contributed by atoms with van der Waals surface area (Å²) in [6.45, 7) is 3.51. The van der Waals surface area contributed by atoms with Gasteiger partial charge in [-0.3, -0.25) is 14.4 Å². The number of nitrogens with one attached hydrogen (secondary N) is 1. The summed E-state index contributed by atoms with van der Waals surface area (Å²) < 4.78 is 45.8. The molecule has 0 saturated carbocycles. The smallest absolute Gasteiger partial charge is 0.261 e. The summed E-state index contributed by atoms with van der Waals surface area (Å²) in [4.78, 5) is 17.0. The average Bonchev–Trinajstić information content (AvgIpc) is 2.86. The number of ether oxygens (including phenoxy) is 1. The molecule has 7 nitrogen and oxygen atoms in total. The molecule has 0 aromatic heterocycles. The predicted molar refractivity (Wildman–Crippen MR) is 128 cm³/mol. The van der Waals surface area contributed by atoms with Crippen LogP contribution in [0, 0.1) is 5.82 Å². The lowest BCUT2D eigenvalue weighted by molar-refractivity contribution is 0.0628. The second-order valence-electron chi connectivity index (χ2n) is 8.05. The Balaban J connectivity index is 1.33. The molecular weight excluding hydrogens is 457 g/mol. The van der Waals surface area contributed by atoms with Gasteiger partial charge in [-0.05, 0) is 66.2 Å². The van der Waals surface area contributed by atoms with Crippen LogP contribution in [0.3, 0.4) is 0 Å². The van der Waals surface area contributed by atoms with E-state index in [4.69, 9.17) is 4.74 Å². The second-order valence-corrected chi connectivity index (χ2v) is 9.74. The molecule has 3 aromatic carbocycles. The lowest BCUT2D eigenvalue weighted by Gasteiger charge is -2.34. The fraction of sp³-hybridized carbons (Fsp3) is 0.240. The van der Waals surface area contributed by atoms with Gasteiger partial charge in [-0.25, -0.2) is 12.8 Å². The van der Waals surface area contributed by atoms with E-state index >= 15 is 0 Å². The van der Waals surface area contributed by atoms with Gasteiger partial charge in [0.2, 0.25) is 0 Å². The number of hydrogen-bond acceptors (Lipinski definition) is 5. The Morgan fingerprint density at radius 1 is 0.912 bits per heavy atom. The van der Waals surface area contributed by atoms with Crippen LogP contribution >= 0.6 is 0 Å². The molecule has 0 spiro atoms. The maximum Gasteiger partial charge on any atom is 0.261 e. The van der Waals surface area contributed by atoms with Crippen molar-refractivity contribution in [2.24, 2.45) is 0 Å². The third kappa shape index (κ3) is 5.73. The van der Waals surface area contributed by atoms with E-state index in [-0.39, 0.29) is 16.5 Å². The Bertz CT molecular complexity index is 1220. The van der Waals surface area contributed by atoms with E-state index in [2.05, 4.69) is 9.62 Å². The molecule has 1 N–H and O–H groups in total. The first-order chi connectivity index (χ1) is 16.3. The van der Waals surface area contributed by atoms with Gasteiger partial charge in [0.05, 0.1) is 12.0 Å². The number of nitrogens with zero attached hydrogens (tertiary/aromatic N) is 2. The summed E-state index contributed by atoms with van der Waals surface area (Å²) >= 11 is 0. The summed E-state index contributed by atoms with van der Waals surface area (Å²) in [6, 6.07) is 18.8. The summed E-state index contributed by atoms with van der Waals surface area (Å²) in [5, 5.41) is 0. The maximum atomic E-state index is 13.0. The zero-order valence-electron chi connectivity index (χ0n) is 18.8. The standard InChI is InChI=1S/C25H26FN3O4S/c1-33-23-10-2-19(3-11-23)18-28-14-16-29(17-15-28)25(30)20-4-12-24(13-5-20)34(31,32)27-22-8-6-21(26)7-9-22/h2-13,27H,14-18H2,1H3. The summed E-state index contributed by atoms with van der Waals surface area (Å²) in [7, 11) is -2.21. The minimum atomic E-state index is -3.85. The Kier molecular flexibility index (Phi) is 7.14. The largest absolute Gasteiger partial charge is 0.497 e. The van der Waals surface area contributed by atoms with Crippen molar-refractivity contribution in [3.05, 3.63) is 89.7 Å². The van der Waals surface area contributed by atoms with E-state index in [1.807, 2.05) is 24.3 Å². The first-order valence-electron chi connectivity index (χ1n) is 10.9. The SMILES string of the molecule is COc1ccc(CN2CCN(C(=O)c3ccc(S(=O)(=O)Nc4ccc(F)cc4)cc3)CC2)cc1. The first-order valence-corrected chi connectivity index (χ1v) is 12.4. The molecule has 1 fully saturated rings. The van der Waals surface area contributed by atoms with E-state index in [1.54, 1.807) is 12.0 Å². The number of benzene rings is 3. The molecule has 9 heteroatoms. The van der Waals surface area contributed by atoms with Crippen molar-refractivity contribution in [1.29, 1.82) is 0 Å². The van der Waals surface area contributed by atoms with Gasteiger partial charge in [0.1, 0.15) is 11.6 Å². The lowest BCUT2D eigenvalue weighted by Crippen LogP contribution is -2.48. The average molecular weight is 484 g/mol. The van der Waals surface area contributed by atoms with Crippen molar-refractivity contribution in [2.75, 3.05) is 38.0 Å². The number of sulfonamides is 1. The van der Waals surface area contributed by atoms with Gasteiger partial charge in [-0.1, -0.05) is 12.1 Å². The number of anilines is 1. The topological polar surface area (TPSA) is 79.0 Å². The van der Waals surface area contributed by atoms with Crippen LogP contribution in [0.2, 0.25) is 0 Å². The molecule has 1 heterocycles. The number of carbonyl (C=O) groups is 1. The molecule has 1 aliphatic rings. The highest BCUT2D eigenvalue weighted by Crippen LogP contribution is 2.19. The van der Waals surface area contributed by atoms with Gasteiger partial charge in [0.15, 0.2) is 0 Å². The molecule has 1 amide bonds. The van der Waals surface area contributed by atoms with E-state index in [1.165, 1.54) is 54.1 Å². The number of methoxy groups -OCH3 is 1. The quantitative estimate of drug-likeness (QED) is 0.556. The zero-order valence-corrected chi connectivity index (χ0v) is 19.6. The van der Waals surface area contributed by atoms with E-state index in [0.29, 0.717) is 18.7 Å².